The summed E-state index contributed by atoms with van der Waals surface area (Å²) < 4.78 is 4.71. The summed E-state index contributed by atoms with van der Waals surface area (Å²) >= 11 is 0. The molecule has 0 aromatic rings. The van der Waals surface area contributed by atoms with Gasteiger partial charge in [-0.05, 0) is 33.2 Å². The zero-order valence-corrected chi connectivity index (χ0v) is 10.6. The Morgan fingerprint density at radius 2 is 2.19 bits per heavy atom. The Morgan fingerprint density at radius 1 is 1.50 bits per heavy atom. The molecule has 4 nitrogen and oxygen atoms in total. The van der Waals surface area contributed by atoms with Gasteiger partial charge < -0.3 is 10.5 Å². The van der Waals surface area contributed by atoms with Crippen molar-refractivity contribution < 1.29 is 9.53 Å². The molecule has 3 atom stereocenters. The number of nitrogens with two attached hydrogens (primary N) is 1. The van der Waals surface area contributed by atoms with Gasteiger partial charge in [-0.3, -0.25) is 9.69 Å². The fourth-order valence-corrected chi connectivity index (χ4v) is 2.53. The Labute approximate surface area is 98.1 Å². The van der Waals surface area contributed by atoms with Gasteiger partial charge in [-0.25, -0.2) is 0 Å². The standard InChI is InChI=1S/C12H24N2O2/c1-9(8-12(15)16-3)14-7-5-4-6-11(14)10(2)13/h9-11H,4-8,13H2,1-3H3. The van der Waals surface area contributed by atoms with Crippen LogP contribution in [0.2, 0.25) is 0 Å². The summed E-state index contributed by atoms with van der Waals surface area (Å²) in [7, 11) is 1.44. The van der Waals surface area contributed by atoms with E-state index in [0.717, 1.165) is 13.0 Å². The predicted octanol–water partition coefficient (Wildman–Crippen LogP) is 1.14. The topological polar surface area (TPSA) is 55.6 Å². The minimum absolute atomic E-state index is 0.138. The molecule has 16 heavy (non-hydrogen) atoms. The molecule has 0 saturated carbocycles. The van der Waals surface area contributed by atoms with Crippen molar-refractivity contribution in [2.75, 3.05) is 13.7 Å². The lowest BCUT2D eigenvalue weighted by atomic mass is 9.94. The van der Waals surface area contributed by atoms with Crippen LogP contribution in [0.25, 0.3) is 0 Å². The number of methoxy groups -OCH3 is 1. The molecule has 4 heteroatoms. The highest BCUT2D eigenvalue weighted by molar-refractivity contribution is 5.69. The number of likely N-dealkylation sites (tertiary alicyclic amines) is 1. The van der Waals surface area contributed by atoms with Gasteiger partial charge in [0.2, 0.25) is 0 Å². The third-order valence-electron chi connectivity index (χ3n) is 3.46. The van der Waals surface area contributed by atoms with Crippen molar-refractivity contribution in [3.63, 3.8) is 0 Å². The molecule has 0 spiro atoms. The lowest BCUT2D eigenvalue weighted by molar-refractivity contribution is -0.142. The molecule has 94 valence electrons. The lowest BCUT2D eigenvalue weighted by Gasteiger charge is -2.41. The Kier molecular flexibility index (Phi) is 5.22. The van der Waals surface area contributed by atoms with Crippen LogP contribution >= 0.6 is 0 Å². The average Bonchev–Trinajstić information content (AvgIpc) is 2.28. The summed E-state index contributed by atoms with van der Waals surface area (Å²) in [6.45, 7) is 5.18. The predicted molar refractivity (Wildman–Crippen MR) is 64.1 cm³/mol. The Bertz CT molecular complexity index is 231. The SMILES string of the molecule is COC(=O)CC(C)N1CCCCC1C(C)N. The van der Waals surface area contributed by atoms with Gasteiger partial charge in [0.25, 0.3) is 0 Å². The lowest BCUT2D eigenvalue weighted by Crippen LogP contribution is -2.53. The van der Waals surface area contributed by atoms with Crippen molar-refractivity contribution in [2.45, 2.75) is 57.7 Å². The Balaban J connectivity index is 2.56. The summed E-state index contributed by atoms with van der Waals surface area (Å²) in [6.07, 6.45) is 4.05. The van der Waals surface area contributed by atoms with Crippen LogP contribution in [0.15, 0.2) is 0 Å². The molecule has 1 aliphatic rings. The van der Waals surface area contributed by atoms with E-state index >= 15 is 0 Å². The molecule has 0 bridgehead atoms. The van der Waals surface area contributed by atoms with E-state index in [1.165, 1.54) is 20.0 Å². The molecule has 0 aromatic heterocycles. The maximum Gasteiger partial charge on any atom is 0.307 e. The van der Waals surface area contributed by atoms with E-state index in [1.807, 2.05) is 6.92 Å². The largest absolute Gasteiger partial charge is 0.469 e. The molecule has 0 amide bonds. The fourth-order valence-electron chi connectivity index (χ4n) is 2.53. The molecule has 0 aromatic carbocycles. The van der Waals surface area contributed by atoms with Crippen molar-refractivity contribution in [3.8, 4) is 0 Å². The van der Waals surface area contributed by atoms with Gasteiger partial charge in [0, 0.05) is 18.1 Å². The highest BCUT2D eigenvalue weighted by atomic mass is 16.5. The Morgan fingerprint density at radius 3 is 2.75 bits per heavy atom. The number of rotatable bonds is 4. The molecule has 2 N–H and O–H groups in total. The first-order valence-electron chi connectivity index (χ1n) is 6.14. The van der Waals surface area contributed by atoms with Crippen molar-refractivity contribution in [3.05, 3.63) is 0 Å². The second-order valence-corrected chi connectivity index (χ2v) is 4.79. The van der Waals surface area contributed by atoms with Gasteiger partial charge in [-0.1, -0.05) is 6.42 Å². The minimum Gasteiger partial charge on any atom is -0.469 e. The van der Waals surface area contributed by atoms with Gasteiger partial charge in [0.1, 0.15) is 0 Å². The van der Waals surface area contributed by atoms with Crippen LogP contribution in [0, 0.1) is 0 Å². The van der Waals surface area contributed by atoms with Gasteiger partial charge in [0.15, 0.2) is 0 Å². The van der Waals surface area contributed by atoms with Gasteiger partial charge >= 0.3 is 5.97 Å². The molecule has 1 fully saturated rings. The van der Waals surface area contributed by atoms with Crippen LogP contribution in [0.1, 0.15) is 39.5 Å². The number of esters is 1. The molecule has 1 rings (SSSR count). The third-order valence-corrected chi connectivity index (χ3v) is 3.46. The summed E-state index contributed by atoms with van der Waals surface area (Å²) in [5.74, 6) is -0.138. The number of carbonyl (C=O) groups excluding carboxylic acids is 1. The molecule has 1 heterocycles. The van der Waals surface area contributed by atoms with E-state index < -0.39 is 0 Å². The monoisotopic (exact) mass is 228 g/mol. The molecule has 3 unspecified atom stereocenters. The Hall–Kier alpha value is -0.610. The van der Waals surface area contributed by atoms with Gasteiger partial charge in [0.05, 0.1) is 13.5 Å². The van der Waals surface area contributed by atoms with Crippen LogP contribution < -0.4 is 5.73 Å². The zero-order chi connectivity index (χ0) is 12.1. The van der Waals surface area contributed by atoms with Crippen LogP contribution in [-0.4, -0.2) is 42.6 Å². The second-order valence-electron chi connectivity index (χ2n) is 4.79. The number of hydrogen-bond acceptors (Lipinski definition) is 4. The number of nitrogens with zero attached hydrogens (tertiary/aromatic N) is 1. The first-order valence-corrected chi connectivity index (χ1v) is 6.14. The molecular weight excluding hydrogens is 204 g/mol. The van der Waals surface area contributed by atoms with E-state index in [-0.39, 0.29) is 18.1 Å². The molecule has 1 aliphatic heterocycles. The van der Waals surface area contributed by atoms with Gasteiger partial charge in [-0.15, -0.1) is 0 Å². The number of ether oxygens (including phenoxy) is 1. The highest BCUT2D eigenvalue weighted by Gasteiger charge is 2.29. The summed E-state index contributed by atoms with van der Waals surface area (Å²) in [5, 5.41) is 0. The highest BCUT2D eigenvalue weighted by Crippen LogP contribution is 2.22. The second kappa shape index (κ2) is 6.21. The van der Waals surface area contributed by atoms with Crippen LogP contribution in [-0.2, 0) is 9.53 Å². The average molecular weight is 228 g/mol. The quantitative estimate of drug-likeness (QED) is 0.733. The van der Waals surface area contributed by atoms with Crippen molar-refractivity contribution >= 4 is 5.97 Å². The summed E-state index contributed by atoms with van der Waals surface area (Å²) in [5.41, 5.74) is 6.00. The van der Waals surface area contributed by atoms with E-state index in [2.05, 4.69) is 11.8 Å². The first-order chi connectivity index (χ1) is 7.56. The maximum absolute atomic E-state index is 11.3. The van der Waals surface area contributed by atoms with E-state index in [1.54, 1.807) is 0 Å². The molecule has 0 radical (unpaired) electrons. The van der Waals surface area contributed by atoms with Crippen molar-refractivity contribution in [2.24, 2.45) is 5.73 Å². The normalized spacial score (nSPS) is 26.1. The third kappa shape index (κ3) is 3.46. The molecular formula is C12H24N2O2. The first kappa shape index (κ1) is 13.5. The van der Waals surface area contributed by atoms with Crippen molar-refractivity contribution in [1.82, 2.24) is 4.90 Å². The van der Waals surface area contributed by atoms with Crippen LogP contribution in [0.3, 0.4) is 0 Å². The zero-order valence-electron chi connectivity index (χ0n) is 10.6. The van der Waals surface area contributed by atoms with E-state index in [4.69, 9.17) is 10.5 Å². The van der Waals surface area contributed by atoms with Crippen molar-refractivity contribution in [1.29, 1.82) is 0 Å². The number of hydrogen-bond donors (Lipinski definition) is 1. The summed E-state index contributed by atoms with van der Waals surface area (Å²) in [4.78, 5) is 13.6. The van der Waals surface area contributed by atoms with E-state index in [9.17, 15) is 4.79 Å². The molecule has 1 saturated heterocycles. The van der Waals surface area contributed by atoms with E-state index in [0.29, 0.717) is 12.5 Å². The van der Waals surface area contributed by atoms with Crippen LogP contribution in [0.5, 0.6) is 0 Å². The van der Waals surface area contributed by atoms with Crippen LogP contribution in [0.4, 0.5) is 0 Å². The molecule has 0 aliphatic carbocycles. The summed E-state index contributed by atoms with van der Waals surface area (Å²) in [6, 6.07) is 0.803. The number of piperidine rings is 1. The number of carbonyl (C=O) groups is 1. The minimum atomic E-state index is -0.138. The fraction of sp³-hybridized carbons (Fsp3) is 0.917. The maximum atomic E-state index is 11.3. The smallest absolute Gasteiger partial charge is 0.307 e. The van der Waals surface area contributed by atoms with Gasteiger partial charge in [-0.2, -0.15) is 0 Å².